The molecule has 5 heteroatoms. The fourth-order valence-corrected chi connectivity index (χ4v) is 3.33. The van der Waals surface area contributed by atoms with Crippen molar-refractivity contribution < 1.29 is 19.1 Å². The molecule has 1 atom stereocenters. The summed E-state index contributed by atoms with van der Waals surface area (Å²) >= 11 is 0. The van der Waals surface area contributed by atoms with Crippen LogP contribution in [0.3, 0.4) is 0 Å². The van der Waals surface area contributed by atoms with E-state index in [4.69, 9.17) is 9.47 Å². The van der Waals surface area contributed by atoms with Crippen LogP contribution in [0.4, 0.5) is 0 Å². The molecule has 2 rings (SSSR count). The summed E-state index contributed by atoms with van der Waals surface area (Å²) in [7, 11) is 0. The molecule has 154 valence electrons. The van der Waals surface area contributed by atoms with E-state index >= 15 is 0 Å². The largest absolute Gasteiger partial charge is 0.460 e. The van der Waals surface area contributed by atoms with Crippen LogP contribution in [0.25, 0.3) is 0 Å². The first kappa shape index (κ1) is 22.2. The molecule has 1 aromatic rings. The molecule has 0 saturated heterocycles. The second-order valence-corrected chi connectivity index (χ2v) is 8.40. The highest BCUT2D eigenvalue weighted by molar-refractivity contribution is 5.94. The van der Waals surface area contributed by atoms with E-state index in [0.717, 1.165) is 25.7 Å². The SMILES string of the molecule is C=CC[C@@H](COC1CCC(C(=O)OC(C)(C)C)CC1)NC(=O)c1ccccc1. The first-order chi connectivity index (χ1) is 13.3. The predicted octanol–water partition coefficient (Wildman–Crippen LogP) is 4.28. The summed E-state index contributed by atoms with van der Waals surface area (Å²) in [5.74, 6) is -0.254. The third kappa shape index (κ3) is 7.47. The van der Waals surface area contributed by atoms with Crippen molar-refractivity contribution in [3.63, 3.8) is 0 Å². The molecule has 1 aromatic carbocycles. The molecule has 1 N–H and O–H groups in total. The molecule has 0 bridgehead atoms. The summed E-state index contributed by atoms with van der Waals surface area (Å²) < 4.78 is 11.5. The molecule has 1 aliphatic carbocycles. The number of benzene rings is 1. The van der Waals surface area contributed by atoms with Crippen LogP contribution in [0.2, 0.25) is 0 Å². The first-order valence-corrected chi connectivity index (χ1v) is 10.1. The van der Waals surface area contributed by atoms with E-state index in [1.165, 1.54) is 0 Å². The maximum absolute atomic E-state index is 12.4. The number of amides is 1. The van der Waals surface area contributed by atoms with Gasteiger partial charge in [0.1, 0.15) is 5.60 Å². The summed E-state index contributed by atoms with van der Waals surface area (Å²) in [5.41, 5.74) is 0.189. The maximum atomic E-state index is 12.4. The van der Waals surface area contributed by atoms with Crippen LogP contribution in [0.1, 0.15) is 63.2 Å². The summed E-state index contributed by atoms with van der Waals surface area (Å²) in [6, 6.07) is 9.04. The van der Waals surface area contributed by atoms with Crippen LogP contribution < -0.4 is 5.32 Å². The van der Waals surface area contributed by atoms with Crippen LogP contribution in [0.15, 0.2) is 43.0 Å². The molecule has 0 aliphatic heterocycles. The van der Waals surface area contributed by atoms with Crippen LogP contribution in [0, 0.1) is 5.92 Å². The molecule has 0 heterocycles. The average molecular weight is 388 g/mol. The molecular weight excluding hydrogens is 354 g/mol. The second-order valence-electron chi connectivity index (χ2n) is 8.40. The Kier molecular flexibility index (Phi) is 8.24. The third-order valence-electron chi connectivity index (χ3n) is 4.77. The fourth-order valence-electron chi connectivity index (χ4n) is 3.33. The molecular formula is C23H33NO4. The molecule has 0 spiro atoms. The van der Waals surface area contributed by atoms with E-state index in [9.17, 15) is 9.59 Å². The number of nitrogens with one attached hydrogen (secondary N) is 1. The Balaban J connectivity index is 1.77. The zero-order valence-electron chi connectivity index (χ0n) is 17.3. The van der Waals surface area contributed by atoms with Gasteiger partial charge in [0, 0.05) is 5.56 Å². The van der Waals surface area contributed by atoms with Crippen molar-refractivity contribution in [3.05, 3.63) is 48.6 Å². The van der Waals surface area contributed by atoms with E-state index in [0.29, 0.717) is 18.6 Å². The summed E-state index contributed by atoms with van der Waals surface area (Å²) in [6.07, 6.45) is 5.77. The minimum absolute atomic E-state index is 0.0409. The van der Waals surface area contributed by atoms with Crippen molar-refractivity contribution in [1.29, 1.82) is 0 Å². The minimum Gasteiger partial charge on any atom is -0.460 e. The van der Waals surface area contributed by atoms with Crippen LogP contribution in [-0.2, 0) is 14.3 Å². The normalized spacial score (nSPS) is 20.8. The lowest BCUT2D eigenvalue weighted by Gasteiger charge is -2.30. The average Bonchev–Trinajstić information content (AvgIpc) is 2.66. The standard InChI is InChI=1S/C23H33NO4/c1-5-9-19(24-21(25)17-10-7-6-8-11-17)16-27-20-14-12-18(13-15-20)22(26)28-23(2,3)4/h5-8,10-11,18-20H,1,9,12-16H2,2-4H3,(H,24,25)/t18?,19-,20?/m0/s1. The Morgan fingerprint density at radius 1 is 1.18 bits per heavy atom. The quantitative estimate of drug-likeness (QED) is 0.534. The van der Waals surface area contributed by atoms with E-state index in [1.54, 1.807) is 18.2 Å². The zero-order valence-corrected chi connectivity index (χ0v) is 17.3. The minimum atomic E-state index is -0.445. The highest BCUT2D eigenvalue weighted by atomic mass is 16.6. The number of carbonyl (C=O) groups excluding carboxylic acids is 2. The number of ether oxygens (including phenoxy) is 2. The van der Waals surface area contributed by atoms with Gasteiger partial charge < -0.3 is 14.8 Å². The molecule has 0 aromatic heterocycles. The van der Waals surface area contributed by atoms with E-state index in [-0.39, 0.29) is 29.9 Å². The Morgan fingerprint density at radius 3 is 2.39 bits per heavy atom. The number of esters is 1. The maximum Gasteiger partial charge on any atom is 0.309 e. The summed E-state index contributed by atoms with van der Waals surface area (Å²) in [6.45, 7) is 9.89. The molecule has 5 nitrogen and oxygen atoms in total. The van der Waals surface area contributed by atoms with E-state index < -0.39 is 5.60 Å². The lowest BCUT2D eigenvalue weighted by molar-refractivity contribution is -0.162. The predicted molar refractivity (Wildman–Crippen MR) is 110 cm³/mol. The first-order valence-electron chi connectivity index (χ1n) is 10.1. The molecule has 1 aliphatic rings. The van der Waals surface area contributed by atoms with Gasteiger partial charge in [-0.05, 0) is 65.0 Å². The van der Waals surface area contributed by atoms with Crippen molar-refractivity contribution in [1.82, 2.24) is 5.32 Å². The van der Waals surface area contributed by atoms with Crippen molar-refractivity contribution in [2.75, 3.05) is 6.61 Å². The molecule has 0 radical (unpaired) electrons. The van der Waals surface area contributed by atoms with Crippen LogP contribution >= 0.6 is 0 Å². The van der Waals surface area contributed by atoms with Gasteiger partial charge in [-0.3, -0.25) is 9.59 Å². The highest BCUT2D eigenvalue weighted by Gasteiger charge is 2.30. The Labute approximate surface area is 168 Å². The summed E-state index contributed by atoms with van der Waals surface area (Å²) in [4.78, 5) is 24.6. The van der Waals surface area contributed by atoms with Crippen LogP contribution in [-0.4, -0.2) is 36.2 Å². The zero-order chi connectivity index (χ0) is 20.6. The Bertz CT molecular complexity index is 642. The Hall–Kier alpha value is -2.14. The van der Waals surface area contributed by atoms with Crippen molar-refractivity contribution in [2.24, 2.45) is 5.92 Å². The van der Waals surface area contributed by atoms with Gasteiger partial charge in [0.15, 0.2) is 0 Å². The number of hydrogen-bond donors (Lipinski definition) is 1. The second kappa shape index (κ2) is 10.4. The van der Waals surface area contributed by atoms with E-state index in [1.807, 2.05) is 39.0 Å². The van der Waals surface area contributed by atoms with E-state index in [2.05, 4.69) is 11.9 Å². The fraction of sp³-hybridized carbons (Fsp3) is 0.565. The van der Waals surface area contributed by atoms with Gasteiger partial charge in [-0.15, -0.1) is 6.58 Å². The lowest BCUT2D eigenvalue weighted by Crippen LogP contribution is -2.39. The molecule has 28 heavy (non-hydrogen) atoms. The molecule has 1 fully saturated rings. The number of hydrogen-bond acceptors (Lipinski definition) is 4. The molecule has 1 amide bonds. The number of rotatable bonds is 8. The van der Waals surface area contributed by atoms with Crippen molar-refractivity contribution in [2.45, 2.75) is 70.6 Å². The monoisotopic (exact) mass is 387 g/mol. The van der Waals surface area contributed by atoms with Crippen LogP contribution in [0.5, 0.6) is 0 Å². The van der Waals surface area contributed by atoms with Gasteiger partial charge >= 0.3 is 5.97 Å². The van der Waals surface area contributed by atoms with Gasteiger partial charge in [0.25, 0.3) is 5.91 Å². The molecule has 1 saturated carbocycles. The van der Waals surface area contributed by atoms with Gasteiger partial charge in [0.2, 0.25) is 0 Å². The summed E-state index contributed by atoms with van der Waals surface area (Å²) in [5, 5.41) is 3.02. The van der Waals surface area contributed by atoms with Gasteiger partial charge in [0.05, 0.1) is 24.7 Å². The topological polar surface area (TPSA) is 64.6 Å². The number of carbonyl (C=O) groups is 2. The third-order valence-corrected chi connectivity index (χ3v) is 4.77. The Morgan fingerprint density at radius 2 is 1.82 bits per heavy atom. The van der Waals surface area contributed by atoms with Crippen molar-refractivity contribution >= 4 is 11.9 Å². The van der Waals surface area contributed by atoms with Gasteiger partial charge in [-0.1, -0.05) is 24.3 Å². The van der Waals surface area contributed by atoms with Crippen molar-refractivity contribution in [3.8, 4) is 0 Å². The van der Waals surface area contributed by atoms with Gasteiger partial charge in [-0.2, -0.15) is 0 Å². The molecule has 0 unspecified atom stereocenters. The lowest BCUT2D eigenvalue weighted by atomic mass is 9.87. The van der Waals surface area contributed by atoms with Gasteiger partial charge in [-0.25, -0.2) is 0 Å². The highest BCUT2D eigenvalue weighted by Crippen LogP contribution is 2.28. The smallest absolute Gasteiger partial charge is 0.309 e.